The first kappa shape index (κ1) is 9.01. The Hall–Kier alpha value is -0.0800. The predicted molar refractivity (Wildman–Crippen MR) is 46.7 cm³/mol. The molecule has 0 aromatic heterocycles. The fraction of sp³-hybridized carbons (Fsp3) is 1.00. The van der Waals surface area contributed by atoms with Crippen molar-refractivity contribution in [2.45, 2.75) is 32.7 Å². The molecule has 1 rings (SSSR count). The molecule has 0 aromatic carbocycles. The molecule has 11 heavy (non-hydrogen) atoms. The van der Waals surface area contributed by atoms with Gasteiger partial charge in [-0.15, -0.1) is 0 Å². The highest BCUT2D eigenvalue weighted by molar-refractivity contribution is 4.70. The summed E-state index contributed by atoms with van der Waals surface area (Å²) in [7, 11) is 0. The molecular formula is C9H19NO. The molecule has 1 aliphatic heterocycles. The van der Waals surface area contributed by atoms with Crippen molar-refractivity contribution in [3.63, 3.8) is 0 Å². The van der Waals surface area contributed by atoms with Gasteiger partial charge in [-0.25, -0.2) is 0 Å². The van der Waals surface area contributed by atoms with Gasteiger partial charge < -0.3 is 10.1 Å². The van der Waals surface area contributed by atoms with Crippen molar-refractivity contribution in [3.8, 4) is 0 Å². The number of ether oxygens (including phenoxy) is 1. The van der Waals surface area contributed by atoms with Gasteiger partial charge in [0, 0.05) is 12.6 Å². The van der Waals surface area contributed by atoms with E-state index in [-0.39, 0.29) is 0 Å². The lowest BCUT2D eigenvalue weighted by Crippen LogP contribution is -2.38. The van der Waals surface area contributed by atoms with E-state index < -0.39 is 0 Å². The zero-order valence-electron chi connectivity index (χ0n) is 7.60. The Labute approximate surface area is 69.3 Å². The van der Waals surface area contributed by atoms with E-state index in [2.05, 4.69) is 19.2 Å². The molecule has 1 N–H and O–H groups in total. The maximum atomic E-state index is 5.35. The monoisotopic (exact) mass is 157 g/mol. The predicted octanol–water partition coefficient (Wildman–Crippen LogP) is 1.41. The summed E-state index contributed by atoms with van der Waals surface area (Å²) in [6.07, 6.45) is 2.50. The van der Waals surface area contributed by atoms with Gasteiger partial charge >= 0.3 is 0 Å². The zero-order valence-corrected chi connectivity index (χ0v) is 7.60. The lowest BCUT2D eigenvalue weighted by Gasteiger charge is -2.23. The van der Waals surface area contributed by atoms with Crippen LogP contribution < -0.4 is 5.32 Å². The van der Waals surface area contributed by atoms with Gasteiger partial charge in [0.25, 0.3) is 0 Å². The van der Waals surface area contributed by atoms with Crippen molar-refractivity contribution in [2.24, 2.45) is 5.92 Å². The second-order valence-corrected chi connectivity index (χ2v) is 3.72. The van der Waals surface area contributed by atoms with Crippen LogP contribution in [0.4, 0.5) is 0 Å². The minimum atomic E-state index is 0.617. The average Bonchev–Trinajstić information content (AvgIpc) is 2.03. The highest BCUT2D eigenvalue weighted by atomic mass is 16.5. The molecule has 2 heteroatoms. The molecule has 0 aromatic rings. The van der Waals surface area contributed by atoms with Crippen LogP contribution in [0.25, 0.3) is 0 Å². The lowest BCUT2D eigenvalue weighted by atomic mass is 10.1. The van der Waals surface area contributed by atoms with Crippen LogP contribution in [-0.2, 0) is 4.74 Å². The molecule has 1 unspecified atom stereocenters. The Morgan fingerprint density at radius 3 is 2.91 bits per heavy atom. The van der Waals surface area contributed by atoms with E-state index in [0.717, 1.165) is 25.7 Å². The first-order valence-electron chi connectivity index (χ1n) is 4.60. The number of nitrogens with one attached hydrogen (secondary N) is 1. The van der Waals surface area contributed by atoms with Crippen LogP contribution in [0.1, 0.15) is 26.7 Å². The van der Waals surface area contributed by atoms with Crippen molar-refractivity contribution in [2.75, 3.05) is 19.8 Å². The summed E-state index contributed by atoms with van der Waals surface area (Å²) in [6, 6.07) is 0.617. The minimum Gasteiger partial charge on any atom is -0.380 e. The van der Waals surface area contributed by atoms with E-state index in [1.807, 2.05) is 0 Å². The first-order chi connectivity index (χ1) is 5.29. The summed E-state index contributed by atoms with van der Waals surface area (Å²) in [5.74, 6) is 0.747. The highest BCUT2D eigenvalue weighted by Gasteiger charge is 2.12. The van der Waals surface area contributed by atoms with E-state index in [9.17, 15) is 0 Å². The lowest BCUT2D eigenvalue weighted by molar-refractivity contribution is 0.0696. The van der Waals surface area contributed by atoms with Gasteiger partial charge in [0.1, 0.15) is 0 Å². The smallest absolute Gasteiger partial charge is 0.0619 e. The van der Waals surface area contributed by atoms with E-state index >= 15 is 0 Å². The third kappa shape index (κ3) is 3.73. The Balaban J connectivity index is 2.05. The molecule has 1 saturated heterocycles. The van der Waals surface area contributed by atoms with Crippen molar-refractivity contribution < 1.29 is 4.74 Å². The second kappa shape index (κ2) is 4.73. The van der Waals surface area contributed by atoms with E-state index in [4.69, 9.17) is 4.74 Å². The molecule has 0 saturated carbocycles. The van der Waals surface area contributed by atoms with Crippen LogP contribution in [0.2, 0.25) is 0 Å². The van der Waals surface area contributed by atoms with Gasteiger partial charge in [-0.1, -0.05) is 13.8 Å². The summed E-state index contributed by atoms with van der Waals surface area (Å²) < 4.78 is 5.35. The maximum Gasteiger partial charge on any atom is 0.0619 e. The van der Waals surface area contributed by atoms with Crippen molar-refractivity contribution in [3.05, 3.63) is 0 Å². The third-order valence-electron chi connectivity index (χ3n) is 1.98. The number of hydrogen-bond acceptors (Lipinski definition) is 2. The standard InChI is InChI=1S/C9H19NO/c1-8(2)6-10-9-4-3-5-11-7-9/h8-10H,3-7H2,1-2H3. The number of rotatable bonds is 3. The summed E-state index contributed by atoms with van der Waals surface area (Å²) >= 11 is 0. The fourth-order valence-corrected chi connectivity index (χ4v) is 1.30. The quantitative estimate of drug-likeness (QED) is 0.669. The number of hydrogen-bond donors (Lipinski definition) is 1. The molecule has 0 amide bonds. The molecule has 1 atom stereocenters. The minimum absolute atomic E-state index is 0.617. The Kier molecular flexibility index (Phi) is 3.87. The average molecular weight is 157 g/mol. The Morgan fingerprint density at radius 2 is 2.36 bits per heavy atom. The molecule has 0 aliphatic carbocycles. The largest absolute Gasteiger partial charge is 0.380 e. The van der Waals surface area contributed by atoms with Gasteiger partial charge in [0.05, 0.1) is 6.61 Å². The van der Waals surface area contributed by atoms with Crippen molar-refractivity contribution in [1.82, 2.24) is 5.32 Å². The summed E-state index contributed by atoms with van der Waals surface area (Å²) in [4.78, 5) is 0. The van der Waals surface area contributed by atoms with Crippen LogP contribution >= 0.6 is 0 Å². The van der Waals surface area contributed by atoms with Gasteiger partial charge in [-0.05, 0) is 25.3 Å². The van der Waals surface area contributed by atoms with Crippen molar-refractivity contribution in [1.29, 1.82) is 0 Å². The van der Waals surface area contributed by atoms with E-state index in [1.165, 1.54) is 12.8 Å². The van der Waals surface area contributed by atoms with Gasteiger partial charge in [0.15, 0.2) is 0 Å². The molecule has 66 valence electrons. The second-order valence-electron chi connectivity index (χ2n) is 3.72. The Morgan fingerprint density at radius 1 is 1.55 bits per heavy atom. The van der Waals surface area contributed by atoms with Gasteiger partial charge in [-0.2, -0.15) is 0 Å². The molecule has 1 aliphatic rings. The van der Waals surface area contributed by atoms with Gasteiger partial charge in [0.2, 0.25) is 0 Å². The van der Waals surface area contributed by atoms with Crippen LogP contribution in [0.5, 0.6) is 0 Å². The van der Waals surface area contributed by atoms with Crippen LogP contribution in [-0.4, -0.2) is 25.8 Å². The molecular weight excluding hydrogens is 138 g/mol. The van der Waals surface area contributed by atoms with Crippen LogP contribution in [0.3, 0.4) is 0 Å². The summed E-state index contributed by atoms with van der Waals surface area (Å²) in [5, 5.41) is 3.50. The van der Waals surface area contributed by atoms with Crippen molar-refractivity contribution >= 4 is 0 Å². The molecule has 0 spiro atoms. The van der Waals surface area contributed by atoms with Gasteiger partial charge in [-0.3, -0.25) is 0 Å². The Bertz CT molecular complexity index is 97.7. The first-order valence-corrected chi connectivity index (χ1v) is 4.60. The third-order valence-corrected chi connectivity index (χ3v) is 1.98. The fourth-order valence-electron chi connectivity index (χ4n) is 1.30. The summed E-state index contributed by atoms with van der Waals surface area (Å²) in [5.41, 5.74) is 0. The zero-order chi connectivity index (χ0) is 8.10. The highest BCUT2D eigenvalue weighted by Crippen LogP contribution is 2.05. The van der Waals surface area contributed by atoms with E-state index in [0.29, 0.717) is 6.04 Å². The van der Waals surface area contributed by atoms with E-state index in [1.54, 1.807) is 0 Å². The topological polar surface area (TPSA) is 21.3 Å². The molecule has 2 nitrogen and oxygen atoms in total. The molecule has 0 radical (unpaired) electrons. The molecule has 1 heterocycles. The molecule has 1 fully saturated rings. The van der Waals surface area contributed by atoms with Crippen LogP contribution in [0.15, 0.2) is 0 Å². The molecule has 0 bridgehead atoms. The maximum absolute atomic E-state index is 5.35. The SMILES string of the molecule is CC(C)CNC1CCCOC1. The summed E-state index contributed by atoms with van der Waals surface area (Å²) in [6.45, 7) is 7.45. The normalized spacial score (nSPS) is 25.9. The van der Waals surface area contributed by atoms with Crippen LogP contribution in [0, 0.1) is 5.92 Å².